The first-order chi connectivity index (χ1) is 9.59. The number of amides is 2. The van der Waals surface area contributed by atoms with Gasteiger partial charge in [0.15, 0.2) is 0 Å². The average molecular weight is 272 g/mol. The Morgan fingerprint density at radius 2 is 1.75 bits per heavy atom. The Hall–Kier alpha value is -1.68. The molecule has 2 amide bonds. The fraction of sp³-hybridized carbons (Fsp3) is 0.500. The van der Waals surface area contributed by atoms with Crippen LogP contribution >= 0.6 is 0 Å². The zero-order chi connectivity index (χ0) is 14.3. The predicted octanol–water partition coefficient (Wildman–Crippen LogP) is 2.25. The molecule has 2 aliphatic rings. The summed E-state index contributed by atoms with van der Waals surface area (Å²) in [6.07, 6.45) is 4.87. The average Bonchev–Trinajstić information content (AvgIpc) is 2.71. The summed E-state index contributed by atoms with van der Waals surface area (Å²) >= 11 is 0. The van der Waals surface area contributed by atoms with Crippen molar-refractivity contribution in [3.05, 3.63) is 34.9 Å². The number of carbonyl (C=O) groups excluding carboxylic acids is 2. The maximum atomic E-state index is 12.7. The van der Waals surface area contributed by atoms with Gasteiger partial charge in [0.05, 0.1) is 16.7 Å². The minimum absolute atomic E-state index is 0.166. The van der Waals surface area contributed by atoms with Crippen LogP contribution in [0.2, 0.25) is 0 Å². The smallest absolute Gasteiger partial charge is 0.262 e. The number of nitrogens with two attached hydrogens (primary N) is 1. The number of carbonyl (C=O) groups is 2. The van der Waals surface area contributed by atoms with Gasteiger partial charge >= 0.3 is 0 Å². The lowest BCUT2D eigenvalue weighted by Gasteiger charge is -2.42. The quantitative estimate of drug-likeness (QED) is 0.840. The molecule has 0 bridgehead atoms. The first-order valence-electron chi connectivity index (χ1n) is 7.29. The minimum atomic E-state index is -0.473. The van der Waals surface area contributed by atoms with E-state index in [1.165, 1.54) is 4.90 Å². The van der Waals surface area contributed by atoms with Crippen molar-refractivity contribution >= 4 is 11.8 Å². The summed E-state index contributed by atoms with van der Waals surface area (Å²) in [5, 5.41) is 0. The Morgan fingerprint density at radius 3 is 2.40 bits per heavy atom. The van der Waals surface area contributed by atoms with Crippen LogP contribution in [0.1, 0.15) is 58.4 Å². The Kier molecular flexibility index (Phi) is 3.13. The molecule has 2 N–H and O–H groups in total. The zero-order valence-corrected chi connectivity index (χ0v) is 11.8. The van der Waals surface area contributed by atoms with E-state index >= 15 is 0 Å². The maximum Gasteiger partial charge on any atom is 0.262 e. The third-order valence-corrected chi connectivity index (χ3v) is 4.68. The molecule has 0 aromatic heterocycles. The Labute approximate surface area is 118 Å². The van der Waals surface area contributed by atoms with E-state index in [1.54, 1.807) is 6.07 Å². The fourth-order valence-electron chi connectivity index (χ4n) is 3.51. The predicted molar refractivity (Wildman–Crippen MR) is 76.5 cm³/mol. The number of hydrogen-bond acceptors (Lipinski definition) is 3. The van der Waals surface area contributed by atoms with E-state index in [9.17, 15) is 9.59 Å². The van der Waals surface area contributed by atoms with E-state index in [2.05, 4.69) is 0 Å². The molecule has 0 radical (unpaired) electrons. The lowest BCUT2D eigenvalue weighted by molar-refractivity contribution is 0.0346. The van der Waals surface area contributed by atoms with Gasteiger partial charge in [0.2, 0.25) is 0 Å². The summed E-state index contributed by atoms with van der Waals surface area (Å²) in [5.74, 6) is -0.335. The standard InChI is InChI=1S/C16H20N2O2/c1-11-5-6-12-13(9-11)15(20)18(14(12)19)16(10-17)7-3-2-4-8-16/h5-6,9H,2-4,7-8,10,17H2,1H3. The zero-order valence-electron chi connectivity index (χ0n) is 11.8. The van der Waals surface area contributed by atoms with E-state index in [-0.39, 0.29) is 11.8 Å². The number of rotatable bonds is 2. The van der Waals surface area contributed by atoms with Crippen LogP contribution in [-0.4, -0.2) is 28.8 Å². The highest BCUT2D eigenvalue weighted by Crippen LogP contribution is 2.38. The van der Waals surface area contributed by atoms with E-state index in [1.807, 2.05) is 19.1 Å². The highest BCUT2D eigenvalue weighted by molar-refractivity contribution is 6.22. The van der Waals surface area contributed by atoms with Crippen molar-refractivity contribution in [3.8, 4) is 0 Å². The molecule has 4 nitrogen and oxygen atoms in total. The van der Waals surface area contributed by atoms with E-state index < -0.39 is 5.54 Å². The monoisotopic (exact) mass is 272 g/mol. The van der Waals surface area contributed by atoms with Crippen LogP contribution in [0, 0.1) is 6.92 Å². The van der Waals surface area contributed by atoms with Crippen molar-refractivity contribution in [2.24, 2.45) is 5.73 Å². The lowest BCUT2D eigenvalue weighted by Crippen LogP contribution is -2.57. The van der Waals surface area contributed by atoms with E-state index in [0.717, 1.165) is 37.7 Å². The molecule has 4 heteroatoms. The second-order valence-electron chi connectivity index (χ2n) is 5.98. The van der Waals surface area contributed by atoms with E-state index in [0.29, 0.717) is 17.7 Å². The highest BCUT2D eigenvalue weighted by Gasteiger charge is 2.48. The molecule has 0 unspecified atom stereocenters. The van der Waals surface area contributed by atoms with Gasteiger partial charge in [-0.1, -0.05) is 30.9 Å². The molecule has 1 aromatic rings. The van der Waals surface area contributed by atoms with Crippen LogP contribution in [0.3, 0.4) is 0 Å². The van der Waals surface area contributed by atoms with Crippen LogP contribution in [0.15, 0.2) is 18.2 Å². The number of aryl methyl sites for hydroxylation is 1. The molecule has 1 saturated carbocycles. The molecule has 20 heavy (non-hydrogen) atoms. The summed E-state index contributed by atoms with van der Waals surface area (Å²) in [6, 6.07) is 5.45. The van der Waals surface area contributed by atoms with Gasteiger partial charge in [0.25, 0.3) is 11.8 Å². The van der Waals surface area contributed by atoms with Crippen molar-refractivity contribution in [2.45, 2.75) is 44.6 Å². The number of hydrogen-bond donors (Lipinski definition) is 1. The molecule has 1 aliphatic heterocycles. The van der Waals surface area contributed by atoms with Crippen LogP contribution < -0.4 is 5.73 Å². The number of fused-ring (bicyclic) bond motifs is 1. The van der Waals surface area contributed by atoms with Gasteiger partial charge in [-0.2, -0.15) is 0 Å². The largest absolute Gasteiger partial charge is 0.328 e. The molecular formula is C16H20N2O2. The van der Waals surface area contributed by atoms with Crippen molar-refractivity contribution in [2.75, 3.05) is 6.54 Å². The Balaban J connectivity index is 2.04. The second kappa shape index (κ2) is 4.70. The van der Waals surface area contributed by atoms with Crippen molar-refractivity contribution in [1.82, 2.24) is 4.90 Å². The van der Waals surface area contributed by atoms with Gasteiger partial charge in [-0.25, -0.2) is 0 Å². The summed E-state index contributed by atoms with van der Waals surface area (Å²) in [7, 11) is 0. The first-order valence-corrected chi connectivity index (χ1v) is 7.29. The Bertz CT molecular complexity index is 574. The summed E-state index contributed by atoms with van der Waals surface area (Å²) in [6.45, 7) is 2.29. The van der Waals surface area contributed by atoms with Crippen LogP contribution in [0.25, 0.3) is 0 Å². The summed E-state index contributed by atoms with van der Waals surface area (Å²) < 4.78 is 0. The molecule has 1 aromatic carbocycles. The van der Waals surface area contributed by atoms with Gasteiger partial charge in [0, 0.05) is 6.54 Å². The number of nitrogens with zero attached hydrogens (tertiary/aromatic N) is 1. The van der Waals surface area contributed by atoms with Crippen LogP contribution in [-0.2, 0) is 0 Å². The fourth-order valence-corrected chi connectivity index (χ4v) is 3.51. The topological polar surface area (TPSA) is 63.4 Å². The number of benzene rings is 1. The minimum Gasteiger partial charge on any atom is -0.328 e. The molecule has 3 rings (SSSR count). The van der Waals surface area contributed by atoms with Crippen molar-refractivity contribution in [3.63, 3.8) is 0 Å². The van der Waals surface area contributed by atoms with Gasteiger partial charge in [-0.3, -0.25) is 14.5 Å². The van der Waals surface area contributed by atoms with Crippen molar-refractivity contribution < 1.29 is 9.59 Å². The van der Waals surface area contributed by atoms with Crippen LogP contribution in [0.5, 0.6) is 0 Å². The van der Waals surface area contributed by atoms with Gasteiger partial charge in [-0.05, 0) is 31.9 Å². The molecule has 1 heterocycles. The van der Waals surface area contributed by atoms with Gasteiger partial charge < -0.3 is 5.73 Å². The SMILES string of the molecule is Cc1ccc2c(c1)C(=O)N(C1(CN)CCCCC1)C2=O. The first kappa shape index (κ1) is 13.3. The highest BCUT2D eigenvalue weighted by atomic mass is 16.2. The van der Waals surface area contributed by atoms with E-state index in [4.69, 9.17) is 5.73 Å². The molecule has 1 aliphatic carbocycles. The van der Waals surface area contributed by atoms with Crippen molar-refractivity contribution in [1.29, 1.82) is 0 Å². The number of imide groups is 1. The normalized spacial score (nSPS) is 21.2. The molecular weight excluding hydrogens is 252 g/mol. The Morgan fingerprint density at radius 1 is 1.10 bits per heavy atom. The van der Waals surface area contributed by atoms with Crippen LogP contribution in [0.4, 0.5) is 0 Å². The van der Waals surface area contributed by atoms with Gasteiger partial charge in [0.1, 0.15) is 0 Å². The molecule has 0 saturated heterocycles. The summed E-state index contributed by atoms with van der Waals surface area (Å²) in [4.78, 5) is 26.8. The molecule has 106 valence electrons. The third kappa shape index (κ3) is 1.79. The molecule has 1 fully saturated rings. The third-order valence-electron chi connectivity index (χ3n) is 4.68. The maximum absolute atomic E-state index is 12.7. The second-order valence-corrected chi connectivity index (χ2v) is 5.98. The van der Waals surface area contributed by atoms with Gasteiger partial charge in [-0.15, -0.1) is 0 Å². The molecule has 0 atom stereocenters. The lowest BCUT2D eigenvalue weighted by atomic mass is 9.80. The molecule has 0 spiro atoms. The summed E-state index contributed by atoms with van der Waals surface area (Å²) in [5.41, 5.74) is 7.55.